The Kier molecular flexibility index (Phi) is 5.65. The van der Waals surface area contributed by atoms with Crippen LogP contribution < -0.4 is 5.32 Å². The van der Waals surface area contributed by atoms with Gasteiger partial charge in [-0.25, -0.2) is 13.9 Å². The average Bonchev–Trinajstić information content (AvgIpc) is 3.42. The number of carbonyl (C=O) groups is 1. The van der Waals surface area contributed by atoms with E-state index in [9.17, 15) is 9.18 Å². The number of nitrogens with one attached hydrogen (secondary N) is 1. The molecule has 0 aliphatic carbocycles. The Hall–Kier alpha value is -3.76. The van der Waals surface area contributed by atoms with Crippen LogP contribution in [0.1, 0.15) is 26.4 Å². The van der Waals surface area contributed by atoms with Crippen molar-refractivity contribution in [3.05, 3.63) is 98.9 Å². The fourth-order valence-electron chi connectivity index (χ4n) is 3.25. The van der Waals surface area contributed by atoms with Gasteiger partial charge in [0.1, 0.15) is 5.82 Å². The fraction of sp³-hybridized carbons (Fsp3) is 0.125. The van der Waals surface area contributed by atoms with Crippen molar-refractivity contribution < 1.29 is 9.18 Å². The maximum Gasteiger partial charge on any atom is 0.261 e. The molecule has 0 aliphatic rings. The number of carbonyl (C=O) groups excluding carboxylic acids is 1. The van der Waals surface area contributed by atoms with Gasteiger partial charge in [-0.15, -0.1) is 11.3 Å². The lowest BCUT2D eigenvalue weighted by Crippen LogP contribution is -2.23. The second-order valence-corrected chi connectivity index (χ2v) is 8.07. The van der Waals surface area contributed by atoms with Crippen molar-refractivity contribution in [3.63, 3.8) is 0 Å². The number of nitrogens with zero attached hydrogens (tertiary/aromatic N) is 3. The summed E-state index contributed by atoms with van der Waals surface area (Å²) in [5.74, 6) is -0.609. The molecule has 0 spiro atoms. The molecule has 1 amide bonds. The summed E-state index contributed by atoms with van der Waals surface area (Å²) >= 11 is 1.37. The smallest absolute Gasteiger partial charge is 0.261 e. The van der Waals surface area contributed by atoms with Gasteiger partial charge in [0, 0.05) is 18.3 Å². The maximum absolute atomic E-state index is 14.7. The number of aryl methyl sites for hydroxylation is 2. The van der Waals surface area contributed by atoms with Crippen molar-refractivity contribution in [2.24, 2.45) is 0 Å². The fourth-order valence-corrected chi connectivity index (χ4v) is 4.09. The highest BCUT2D eigenvalue weighted by Crippen LogP contribution is 2.26. The second-order valence-electron chi connectivity index (χ2n) is 7.15. The zero-order chi connectivity index (χ0) is 22.0. The first kappa shape index (κ1) is 20.5. The number of hydrogen-bond donors (Lipinski definition) is 1. The Bertz CT molecular complexity index is 1320. The zero-order valence-corrected chi connectivity index (χ0v) is 17.8. The van der Waals surface area contributed by atoms with Crippen LogP contribution in [0.2, 0.25) is 0 Å². The van der Waals surface area contributed by atoms with Crippen molar-refractivity contribution in [2.75, 3.05) is 0 Å². The standard InChI is InChI=1S/C24H19FN4OS/c1-15-9-11-31-23(15)24(30)27-14-18-4-6-19(13-20(18)25)29-10-8-22(28-29)17-5-7-21(26-3)16(2)12-17/h4-13H,14H2,1-2H3,(H,27,30). The topological polar surface area (TPSA) is 51.3 Å². The van der Waals surface area contributed by atoms with Crippen LogP contribution in [0.5, 0.6) is 0 Å². The van der Waals surface area contributed by atoms with Crippen LogP contribution >= 0.6 is 11.3 Å². The molecule has 0 fully saturated rings. The molecule has 2 aromatic heterocycles. The highest BCUT2D eigenvalue weighted by Gasteiger charge is 2.12. The Balaban J connectivity index is 1.50. The van der Waals surface area contributed by atoms with Gasteiger partial charge >= 0.3 is 0 Å². The van der Waals surface area contributed by atoms with Crippen LogP contribution in [-0.2, 0) is 6.54 Å². The number of hydrogen-bond acceptors (Lipinski definition) is 3. The van der Waals surface area contributed by atoms with Gasteiger partial charge in [0.2, 0.25) is 0 Å². The van der Waals surface area contributed by atoms with E-state index in [1.807, 2.05) is 43.5 Å². The summed E-state index contributed by atoms with van der Waals surface area (Å²) < 4.78 is 16.3. The lowest BCUT2D eigenvalue weighted by Gasteiger charge is -2.08. The minimum Gasteiger partial charge on any atom is -0.347 e. The minimum absolute atomic E-state index is 0.110. The second kappa shape index (κ2) is 8.54. The maximum atomic E-state index is 14.7. The highest BCUT2D eigenvalue weighted by molar-refractivity contribution is 7.12. The van der Waals surface area contributed by atoms with Gasteiger partial charge in [-0.05, 0) is 60.2 Å². The molecule has 2 aromatic carbocycles. The van der Waals surface area contributed by atoms with Crippen LogP contribution in [0.4, 0.5) is 10.1 Å². The van der Waals surface area contributed by atoms with Gasteiger partial charge in [-0.2, -0.15) is 5.10 Å². The third-order valence-corrected chi connectivity index (χ3v) is 6.03. The van der Waals surface area contributed by atoms with Crippen LogP contribution in [0.3, 0.4) is 0 Å². The van der Waals surface area contributed by atoms with Gasteiger partial charge in [0.25, 0.3) is 5.91 Å². The van der Waals surface area contributed by atoms with Gasteiger partial charge in [0.15, 0.2) is 5.69 Å². The Morgan fingerprint density at radius 1 is 1.16 bits per heavy atom. The molecule has 2 heterocycles. The summed E-state index contributed by atoms with van der Waals surface area (Å²) in [6.45, 7) is 11.0. The van der Waals surface area contributed by atoms with Gasteiger partial charge in [-0.3, -0.25) is 4.79 Å². The molecule has 1 N–H and O–H groups in total. The summed E-state index contributed by atoms with van der Waals surface area (Å²) in [6.07, 6.45) is 1.77. The van der Waals surface area contributed by atoms with Crippen molar-refractivity contribution in [1.82, 2.24) is 15.1 Å². The summed E-state index contributed by atoms with van der Waals surface area (Å²) in [7, 11) is 0. The minimum atomic E-state index is -0.407. The molecular formula is C24H19FN4OS. The first-order valence-electron chi connectivity index (χ1n) is 9.61. The average molecular weight is 431 g/mol. The molecule has 31 heavy (non-hydrogen) atoms. The molecule has 7 heteroatoms. The first-order chi connectivity index (χ1) is 15.0. The van der Waals surface area contributed by atoms with Crippen LogP contribution in [0, 0.1) is 26.2 Å². The van der Waals surface area contributed by atoms with E-state index in [0.29, 0.717) is 21.8 Å². The molecule has 154 valence electrons. The molecule has 0 saturated heterocycles. The van der Waals surface area contributed by atoms with E-state index in [4.69, 9.17) is 6.57 Å². The largest absolute Gasteiger partial charge is 0.347 e. The van der Waals surface area contributed by atoms with Gasteiger partial charge in [0.05, 0.1) is 22.8 Å². The van der Waals surface area contributed by atoms with E-state index in [-0.39, 0.29) is 12.5 Å². The molecule has 0 saturated carbocycles. The molecule has 4 aromatic rings. The highest BCUT2D eigenvalue weighted by atomic mass is 32.1. The SMILES string of the molecule is [C-]#[N+]c1ccc(-c2ccn(-c3ccc(CNC(=O)c4sccc4C)c(F)c3)n2)cc1C. The number of thiophene rings is 1. The van der Waals surface area contributed by atoms with Gasteiger partial charge < -0.3 is 5.32 Å². The van der Waals surface area contributed by atoms with E-state index in [1.54, 1.807) is 29.1 Å². The number of amides is 1. The molecular weight excluding hydrogens is 411 g/mol. The van der Waals surface area contributed by atoms with Crippen molar-refractivity contribution >= 4 is 22.9 Å². The molecule has 0 unspecified atom stereocenters. The Morgan fingerprint density at radius 3 is 2.68 bits per heavy atom. The van der Waals surface area contributed by atoms with Crippen molar-refractivity contribution in [3.8, 4) is 16.9 Å². The molecule has 0 aliphatic heterocycles. The predicted octanol–water partition coefficient (Wildman–Crippen LogP) is 5.84. The summed E-state index contributed by atoms with van der Waals surface area (Å²) in [6, 6.07) is 14.1. The third-order valence-electron chi connectivity index (χ3n) is 5.01. The lowest BCUT2D eigenvalue weighted by atomic mass is 10.1. The van der Waals surface area contributed by atoms with E-state index in [1.165, 1.54) is 17.4 Å². The molecule has 0 radical (unpaired) electrons. The molecule has 4 rings (SSSR count). The van der Waals surface area contributed by atoms with E-state index >= 15 is 0 Å². The summed E-state index contributed by atoms with van der Waals surface area (Å²) in [5, 5.41) is 9.17. The monoisotopic (exact) mass is 430 g/mol. The van der Waals surface area contributed by atoms with E-state index in [2.05, 4.69) is 15.3 Å². The normalized spacial score (nSPS) is 10.6. The van der Waals surface area contributed by atoms with Crippen LogP contribution in [0.15, 0.2) is 60.1 Å². The third kappa shape index (κ3) is 4.25. The van der Waals surface area contributed by atoms with Crippen molar-refractivity contribution in [2.45, 2.75) is 20.4 Å². The number of benzene rings is 2. The quantitative estimate of drug-likeness (QED) is 0.405. The van der Waals surface area contributed by atoms with Crippen LogP contribution in [0.25, 0.3) is 21.8 Å². The van der Waals surface area contributed by atoms with Crippen LogP contribution in [-0.4, -0.2) is 15.7 Å². The number of rotatable bonds is 5. The first-order valence-corrected chi connectivity index (χ1v) is 10.5. The Morgan fingerprint density at radius 2 is 2.00 bits per heavy atom. The summed E-state index contributed by atoms with van der Waals surface area (Å²) in [4.78, 5) is 16.4. The number of halogens is 1. The van der Waals surface area contributed by atoms with E-state index in [0.717, 1.165) is 22.4 Å². The number of aromatic nitrogens is 2. The van der Waals surface area contributed by atoms with E-state index < -0.39 is 5.82 Å². The molecule has 0 bridgehead atoms. The zero-order valence-electron chi connectivity index (χ0n) is 17.0. The summed E-state index contributed by atoms with van der Waals surface area (Å²) in [5.41, 5.74) is 5.03. The van der Waals surface area contributed by atoms with Crippen molar-refractivity contribution in [1.29, 1.82) is 0 Å². The molecule has 0 atom stereocenters. The Labute approximate surface area is 183 Å². The predicted molar refractivity (Wildman–Crippen MR) is 120 cm³/mol. The molecule has 5 nitrogen and oxygen atoms in total. The van der Waals surface area contributed by atoms with Gasteiger partial charge in [-0.1, -0.05) is 24.3 Å². The lowest BCUT2D eigenvalue weighted by molar-refractivity contribution is 0.0954.